The Labute approximate surface area is 125 Å². The maximum absolute atomic E-state index is 11.8. The normalized spacial score (nSPS) is 10.6. The lowest BCUT2D eigenvalue weighted by molar-refractivity contribution is -0.118. The average Bonchev–Trinajstić information content (AvgIpc) is 2.40. The molecule has 0 aliphatic rings. The van der Waals surface area contributed by atoms with Gasteiger partial charge in [0.15, 0.2) is 0 Å². The van der Waals surface area contributed by atoms with Gasteiger partial charge in [-0.1, -0.05) is 45.4 Å². The summed E-state index contributed by atoms with van der Waals surface area (Å²) in [5.74, 6) is 0.309. The molecule has 0 saturated carbocycles. The maximum Gasteiger partial charge on any atom is 0.138 e. The van der Waals surface area contributed by atoms with E-state index in [0.29, 0.717) is 18.6 Å². The van der Waals surface area contributed by atoms with Crippen LogP contribution in [0.1, 0.15) is 64.0 Å². The first kappa shape index (κ1) is 16.4. The number of Topliss-reactive ketones (excluding diaryl/α,β-unsaturated/α-hetero) is 1. The summed E-state index contributed by atoms with van der Waals surface area (Å²) in [6.07, 6.45) is 11.7. The van der Waals surface area contributed by atoms with Gasteiger partial charge in [0.2, 0.25) is 0 Å². The fourth-order valence-corrected chi connectivity index (χ4v) is 2.32. The maximum atomic E-state index is 11.8. The number of carbonyl (C=O) groups excluding carboxylic acids is 1. The van der Waals surface area contributed by atoms with Crippen molar-refractivity contribution in [3.8, 4) is 0 Å². The van der Waals surface area contributed by atoms with Crippen LogP contribution >= 0.6 is 15.9 Å². The first-order valence-electron chi connectivity index (χ1n) is 7.34. The predicted octanol–water partition coefficient (Wildman–Crippen LogP) is 5.10. The molecule has 0 unspecified atom stereocenters. The van der Waals surface area contributed by atoms with Gasteiger partial charge in [-0.2, -0.15) is 0 Å². The topological polar surface area (TPSA) is 30.0 Å². The van der Waals surface area contributed by atoms with Crippen LogP contribution in [0.15, 0.2) is 22.8 Å². The fourth-order valence-electron chi connectivity index (χ4n) is 2.08. The van der Waals surface area contributed by atoms with Crippen molar-refractivity contribution in [2.75, 3.05) is 0 Å². The van der Waals surface area contributed by atoms with Crippen molar-refractivity contribution in [3.05, 3.63) is 28.5 Å². The molecule has 0 aromatic carbocycles. The summed E-state index contributed by atoms with van der Waals surface area (Å²) < 4.78 is 0.954. The Kier molecular flexibility index (Phi) is 8.72. The molecular weight excluding hydrogens is 302 g/mol. The Hall–Kier alpha value is -0.700. The number of aromatic nitrogens is 1. The first-order valence-corrected chi connectivity index (χ1v) is 8.14. The minimum Gasteiger partial charge on any atom is -0.299 e. The first-order chi connectivity index (χ1) is 9.22. The molecular formula is C16H24BrNO. The number of hydrogen-bond acceptors (Lipinski definition) is 2. The van der Waals surface area contributed by atoms with E-state index in [1.807, 2.05) is 12.1 Å². The van der Waals surface area contributed by atoms with Crippen molar-refractivity contribution in [3.63, 3.8) is 0 Å². The van der Waals surface area contributed by atoms with Crippen LogP contribution in [0, 0.1) is 0 Å². The molecule has 0 atom stereocenters. The second-order valence-corrected chi connectivity index (χ2v) is 5.97. The van der Waals surface area contributed by atoms with Crippen molar-refractivity contribution >= 4 is 21.7 Å². The second-order valence-electron chi connectivity index (χ2n) is 5.05. The van der Waals surface area contributed by atoms with Crippen molar-refractivity contribution in [2.24, 2.45) is 0 Å². The number of unbranched alkanes of at least 4 members (excludes halogenated alkanes) is 6. The molecule has 1 aromatic heterocycles. The predicted molar refractivity (Wildman–Crippen MR) is 83.3 cm³/mol. The third kappa shape index (κ3) is 8.14. The van der Waals surface area contributed by atoms with Crippen molar-refractivity contribution in [2.45, 2.75) is 64.7 Å². The summed E-state index contributed by atoms with van der Waals surface area (Å²) >= 11 is 3.34. The van der Waals surface area contributed by atoms with E-state index in [2.05, 4.69) is 27.8 Å². The lowest BCUT2D eigenvalue weighted by Gasteiger charge is -2.02. The van der Waals surface area contributed by atoms with E-state index in [1.54, 1.807) is 6.20 Å². The number of rotatable bonds is 10. The molecule has 2 nitrogen and oxygen atoms in total. The number of carbonyl (C=O) groups is 1. The molecule has 0 saturated heterocycles. The van der Waals surface area contributed by atoms with Gasteiger partial charge in [-0.15, -0.1) is 0 Å². The van der Waals surface area contributed by atoms with Gasteiger partial charge >= 0.3 is 0 Å². The standard InChI is InChI=1S/C16H24BrNO/c1-2-3-4-5-6-7-8-9-16(19)12-15-11-10-14(17)13-18-15/h10-11,13H,2-9,12H2,1H3. The summed E-state index contributed by atoms with van der Waals surface area (Å²) in [5.41, 5.74) is 0.871. The molecule has 1 rings (SSSR count). The molecule has 0 radical (unpaired) electrons. The molecule has 0 spiro atoms. The molecule has 106 valence electrons. The molecule has 0 bridgehead atoms. The Morgan fingerprint density at radius 3 is 2.42 bits per heavy atom. The average molecular weight is 326 g/mol. The molecule has 0 amide bonds. The molecule has 0 aliphatic heterocycles. The van der Waals surface area contributed by atoms with Crippen molar-refractivity contribution in [1.82, 2.24) is 4.98 Å². The number of ketones is 1. The van der Waals surface area contributed by atoms with E-state index in [4.69, 9.17) is 0 Å². The molecule has 0 fully saturated rings. The van der Waals surface area contributed by atoms with Crippen LogP contribution in [-0.4, -0.2) is 10.8 Å². The minimum atomic E-state index is 0.309. The van der Waals surface area contributed by atoms with Crippen LogP contribution < -0.4 is 0 Å². The monoisotopic (exact) mass is 325 g/mol. The summed E-state index contributed by atoms with van der Waals surface area (Å²) in [6.45, 7) is 2.23. The van der Waals surface area contributed by atoms with Crippen LogP contribution in [0.25, 0.3) is 0 Å². The van der Waals surface area contributed by atoms with Crippen LogP contribution in [-0.2, 0) is 11.2 Å². The Morgan fingerprint density at radius 1 is 1.11 bits per heavy atom. The third-order valence-corrected chi connectivity index (χ3v) is 3.70. The van der Waals surface area contributed by atoms with Crippen molar-refractivity contribution in [1.29, 1.82) is 0 Å². The van der Waals surface area contributed by atoms with Gasteiger partial charge in [0, 0.05) is 29.2 Å². The SMILES string of the molecule is CCCCCCCCCC(=O)Cc1ccc(Br)cn1. The van der Waals surface area contributed by atoms with Gasteiger partial charge < -0.3 is 0 Å². The zero-order chi connectivity index (χ0) is 13.9. The molecule has 0 N–H and O–H groups in total. The van der Waals surface area contributed by atoms with Crippen molar-refractivity contribution < 1.29 is 4.79 Å². The van der Waals surface area contributed by atoms with Gasteiger partial charge in [0.25, 0.3) is 0 Å². The zero-order valence-corrected chi connectivity index (χ0v) is 13.4. The van der Waals surface area contributed by atoms with Crippen LogP contribution in [0.3, 0.4) is 0 Å². The van der Waals surface area contributed by atoms with E-state index < -0.39 is 0 Å². The van der Waals surface area contributed by atoms with Gasteiger partial charge in [0.05, 0.1) is 0 Å². The molecule has 1 heterocycles. The van der Waals surface area contributed by atoms with E-state index >= 15 is 0 Å². The number of pyridine rings is 1. The van der Waals surface area contributed by atoms with E-state index in [9.17, 15) is 4.79 Å². The van der Waals surface area contributed by atoms with E-state index in [0.717, 1.165) is 16.6 Å². The molecule has 0 aliphatic carbocycles. The summed E-state index contributed by atoms with van der Waals surface area (Å²) in [6, 6.07) is 3.84. The Morgan fingerprint density at radius 2 is 1.79 bits per heavy atom. The number of halogens is 1. The second kappa shape index (κ2) is 10.1. The summed E-state index contributed by atoms with van der Waals surface area (Å²) in [5, 5.41) is 0. The summed E-state index contributed by atoms with van der Waals surface area (Å²) in [7, 11) is 0. The van der Waals surface area contributed by atoms with Crippen LogP contribution in [0.2, 0.25) is 0 Å². The number of nitrogens with zero attached hydrogens (tertiary/aromatic N) is 1. The molecule has 1 aromatic rings. The Bertz CT molecular complexity index is 362. The lowest BCUT2D eigenvalue weighted by Crippen LogP contribution is -2.04. The number of hydrogen-bond donors (Lipinski definition) is 0. The van der Waals surface area contributed by atoms with Crippen LogP contribution in [0.5, 0.6) is 0 Å². The lowest BCUT2D eigenvalue weighted by atomic mass is 10.0. The highest BCUT2D eigenvalue weighted by Gasteiger charge is 2.04. The third-order valence-electron chi connectivity index (χ3n) is 3.23. The fraction of sp³-hybridized carbons (Fsp3) is 0.625. The molecule has 19 heavy (non-hydrogen) atoms. The van der Waals surface area contributed by atoms with Gasteiger partial charge in [-0.3, -0.25) is 9.78 Å². The van der Waals surface area contributed by atoms with Gasteiger partial charge in [-0.25, -0.2) is 0 Å². The van der Waals surface area contributed by atoms with E-state index in [-0.39, 0.29) is 0 Å². The minimum absolute atomic E-state index is 0.309. The Balaban J connectivity index is 2.06. The van der Waals surface area contributed by atoms with Gasteiger partial charge in [-0.05, 0) is 34.5 Å². The van der Waals surface area contributed by atoms with Gasteiger partial charge in [0.1, 0.15) is 5.78 Å². The van der Waals surface area contributed by atoms with E-state index in [1.165, 1.54) is 38.5 Å². The molecule has 3 heteroatoms. The summed E-state index contributed by atoms with van der Waals surface area (Å²) in [4.78, 5) is 16.0. The highest BCUT2D eigenvalue weighted by molar-refractivity contribution is 9.10. The van der Waals surface area contributed by atoms with Crippen LogP contribution in [0.4, 0.5) is 0 Å². The highest BCUT2D eigenvalue weighted by Crippen LogP contribution is 2.11. The largest absolute Gasteiger partial charge is 0.299 e. The highest BCUT2D eigenvalue weighted by atomic mass is 79.9. The zero-order valence-electron chi connectivity index (χ0n) is 11.8. The quantitative estimate of drug-likeness (QED) is 0.560. The smallest absolute Gasteiger partial charge is 0.138 e.